The first-order chi connectivity index (χ1) is 15.3. The first-order valence-electron chi connectivity index (χ1n) is 10.2. The lowest BCUT2D eigenvalue weighted by Crippen LogP contribution is -2.49. The number of hydrogen-bond acceptors (Lipinski definition) is 6. The molecule has 1 N–H and O–H groups in total. The second-order valence-corrected chi connectivity index (χ2v) is 7.38. The largest absolute Gasteiger partial charge is 0.473 e. The molecule has 0 aliphatic carbocycles. The molecule has 1 amide bonds. The van der Waals surface area contributed by atoms with Crippen molar-refractivity contribution in [1.82, 2.24) is 24.8 Å². The summed E-state index contributed by atoms with van der Waals surface area (Å²) in [6, 6.07) is 17.3. The zero-order valence-corrected chi connectivity index (χ0v) is 16.9. The van der Waals surface area contributed by atoms with Gasteiger partial charge in [-0.1, -0.05) is 30.3 Å². The Morgan fingerprint density at radius 1 is 1.00 bits per heavy atom. The van der Waals surface area contributed by atoms with E-state index in [-0.39, 0.29) is 5.91 Å². The van der Waals surface area contributed by atoms with E-state index < -0.39 is 0 Å². The third kappa shape index (κ3) is 4.18. The number of rotatable bonds is 5. The number of nitrogens with zero attached hydrogens (tertiary/aromatic N) is 5. The van der Waals surface area contributed by atoms with Gasteiger partial charge in [0, 0.05) is 44.0 Å². The highest BCUT2D eigenvalue weighted by atomic mass is 16.5. The van der Waals surface area contributed by atoms with Crippen LogP contribution in [0.15, 0.2) is 67.1 Å². The van der Waals surface area contributed by atoms with Gasteiger partial charge in [0.1, 0.15) is 6.61 Å². The monoisotopic (exact) mass is 414 g/mol. The minimum atomic E-state index is 0.0250. The third-order valence-electron chi connectivity index (χ3n) is 5.36. The lowest BCUT2D eigenvalue weighted by atomic mass is 10.1. The normalized spacial score (nSPS) is 14.1. The molecule has 31 heavy (non-hydrogen) atoms. The fourth-order valence-electron chi connectivity index (χ4n) is 3.66. The Morgan fingerprint density at radius 2 is 1.84 bits per heavy atom. The number of fused-ring (bicyclic) bond motifs is 1. The molecule has 0 atom stereocenters. The van der Waals surface area contributed by atoms with Gasteiger partial charge >= 0.3 is 0 Å². The van der Waals surface area contributed by atoms with Crippen LogP contribution in [-0.4, -0.2) is 56.9 Å². The Labute approximate surface area is 179 Å². The summed E-state index contributed by atoms with van der Waals surface area (Å²) in [6.45, 7) is 3.01. The minimum Gasteiger partial charge on any atom is -0.473 e. The van der Waals surface area contributed by atoms with E-state index in [0.717, 1.165) is 16.6 Å². The van der Waals surface area contributed by atoms with E-state index in [1.807, 2.05) is 53.4 Å². The highest BCUT2D eigenvalue weighted by Crippen LogP contribution is 2.18. The molecule has 8 nitrogen and oxygen atoms in total. The Hall–Kier alpha value is -3.94. The van der Waals surface area contributed by atoms with Gasteiger partial charge in [-0.25, -0.2) is 9.97 Å². The van der Waals surface area contributed by atoms with Gasteiger partial charge in [0.2, 0.25) is 11.8 Å². The summed E-state index contributed by atoms with van der Waals surface area (Å²) in [5.74, 6) is 1.19. The highest BCUT2D eigenvalue weighted by Gasteiger charge is 2.24. The second kappa shape index (κ2) is 8.43. The van der Waals surface area contributed by atoms with Crippen molar-refractivity contribution in [2.75, 3.05) is 31.1 Å². The standard InChI is InChI=1S/C23H22N6O2/c30-22(18-6-7-19-20(14-18)26-16-25-19)28-10-12-29(13-11-28)23-24-9-8-21(27-23)31-15-17-4-2-1-3-5-17/h1-9,14,16H,10-13,15H2,(H,25,26). The Bertz CT molecular complexity index is 1180. The molecule has 1 saturated heterocycles. The van der Waals surface area contributed by atoms with Crippen LogP contribution in [0.2, 0.25) is 0 Å². The van der Waals surface area contributed by atoms with Crippen molar-refractivity contribution in [3.63, 3.8) is 0 Å². The molecule has 3 heterocycles. The lowest BCUT2D eigenvalue weighted by Gasteiger charge is -2.34. The predicted octanol–water partition coefficient (Wildman–Crippen LogP) is 2.89. The number of H-pyrrole nitrogens is 1. The van der Waals surface area contributed by atoms with E-state index in [1.165, 1.54) is 0 Å². The summed E-state index contributed by atoms with van der Waals surface area (Å²) < 4.78 is 5.82. The number of piperazine rings is 1. The number of anilines is 1. The number of aromatic amines is 1. The van der Waals surface area contributed by atoms with Gasteiger partial charge in [0.05, 0.1) is 17.4 Å². The number of benzene rings is 2. The molecule has 5 rings (SSSR count). The molecule has 8 heteroatoms. The van der Waals surface area contributed by atoms with Gasteiger partial charge in [-0.2, -0.15) is 4.98 Å². The molecular formula is C23H22N6O2. The fourth-order valence-corrected chi connectivity index (χ4v) is 3.66. The Morgan fingerprint density at radius 3 is 2.68 bits per heavy atom. The maximum absolute atomic E-state index is 12.9. The zero-order valence-electron chi connectivity index (χ0n) is 16.9. The van der Waals surface area contributed by atoms with Crippen molar-refractivity contribution in [1.29, 1.82) is 0 Å². The van der Waals surface area contributed by atoms with Gasteiger partial charge in [0.25, 0.3) is 5.91 Å². The molecule has 2 aromatic carbocycles. The van der Waals surface area contributed by atoms with Gasteiger partial charge in [-0.3, -0.25) is 4.79 Å². The van der Waals surface area contributed by atoms with Crippen molar-refractivity contribution in [2.24, 2.45) is 0 Å². The van der Waals surface area contributed by atoms with Crippen molar-refractivity contribution in [3.05, 3.63) is 78.2 Å². The highest BCUT2D eigenvalue weighted by molar-refractivity contribution is 5.97. The minimum absolute atomic E-state index is 0.0250. The Balaban J connectivity index is 1.20. The van der Waals surface area contributed by atoms with Crippen LogP contribution in [0.1, 0.15) is 15.9 Å². The molecule has 2 aromatic heterocycles. The summed E-state index contributed by atoms with van der Waals surface area (Å²) >= 11 is 0. The molecule has 0 unspecified atom stereocenters. The smallest absolute Gasteiger partial charge is 0.254 e. The molecule has 1 aliphatic heterocycles. The van der Waals surface area contributed by atoms with Gasteiger partial charge in [-0.05, 0) is 23.8 Å². The third-order valence-corrected chi connectivity index (χ3v) is 5.36. The van der Waals surface area contributed by atoms with E-state index in [4.69, 9.17) is 4.74 Å². The lowest BCUT2D eigenvalue weighted by molar-refractivity contribution is 0.0746. The van der Waals surface area contributed by atoms with Gasteiger partial charge in [-0.15, -0.1) is 0 Å². The molecule has 156 valence electrons. The average molecular weight is 414 g/mol. The van der Waals surface area contributed by atoms with Crippen molar-refractivity contribution >= 4 is 22.9 Å². The Kier molecular flexibility index (Phi) is 5.18. The van der Waals surface area contributed by atoms with E-state index in [0.29, 0.717) is 50.2 Å². The molecular weight excluding hydrogens is 392 g/mol. The first-order valence-corrected chi connectivity index (χ1v) is 10.2. The molecule has 0 bridgehead atoms. The quantitative estimate of drug-likeness (QED) is 0.540. The predicted molar refractivity (Wildman–Crippen MR) is 117 cm³/mol. The van der Waals surface area contributed by atoms with E-state index >= 15 is 0 Å². The van der Waals surface area contributed by atoms with Crippen LogP contribution in [0.25, 0.3) is 11.0 Å². The van der Waals surface area contributed by atoms with Gasteiger partial charge in [0.15, 0.2) is 0 Å². The van der Waals surface area contributed by atoms with Crippen molar-refractivity contribution in [3.8, 4) is 5.88 Å². The fraction of sp³-hybridized carbons (Fsp3) is 0.217. The zero-order chi connectivity index (χ0) is 21.0. The van der Waals surface area contributed by atoms with E-state index in [9.17, 15) is 4.79 Å². The van der Waals surface area contributed by atoms with Crippen LogP contribution in [0.3, 0.4) is 0 Å². The topological polar surface area (TPSA) is 87.2 Å². The number of nitrogens with one attached hydrogen (secondary N) is 1. The molecule has 4 aromatic rings. The summed E-state index contributed by atoms with van der Waals surface area (Å²) in [7, 11) is 0. The second-order valence-electron chi connectivity index (χ2n) is 7.38. The summed E-state index contributed by atoms with van der Waals surface area (Å²) in [5, 5.41) is 0. The number of ether oxygens (including phenoxy) is 1. The first kappa shape index (κ1) is 19.0. The van der Waals surface area contributed by atoms with Crippen LogP contribution in [0.4, 0.5) is 5.95 Å². The van der Waals surface area contributed by atoms with E-state index in [1.54, 1.807) is 18.6 Å². The molecule has 1 fully saturated rings. The number of aromatic nitrogens is 4. The van der Waals surface area contributed by atoms with Crippen molar-refractivity contribution < 1.29 is 9.53 Å². The van der Waals surface area contributed by atoms with Crippen molar-refractivity contribution in [2.45, 2.75) is 6.61 Å². The summed E-state index contributed by atoms with van der Waals surface area (Å²) in [5.41, 5.74) is 3.47. The molecule has 0 radical (unpaired) electrons. The number of hydrogen-bond donors (Lipinski definition) is 1. The van der Waals surface area contributed by atoms with Crippen LogP contribution < -0.4 is 9.64 Å². The summed E-state index contributed by atoms with van der Waals surface area (Å²) in [4.78, 5) is 33.0. The van der Waals surface area contributed by atoms with Crippen LogP contribution in [0, 0.1) is 0 Å². The maximum atomic E-state index is 12.9. The van der Waals surface area contributed by atoms with Crippen LogP contribution in [0.5, 0.6) is 5.88 Å². The number of carbonyl (C=O) groups excluding carboxylic acids is 1. The number of carbonyl (C=O) groups is 1. The van der Waals surface area contributed by atoms with E-state index in [2.05, 4.69) is 24.8 Å². The SMILES string of the molecule is O=C(c1ccc2nc[nH]c2c1)N1CCN(c2nccc(OCc3ccccc3)n2)CC1. The van der Waals surface area contributed by atoms with Gasteiger partial charge < -0.3 is 19.5 Å². The maximum Gasteiger partial charge on any atom is 0.254 e. The van der Waals surface area contributed by atoms with Crippen LogP contribution >= 0.6 is 0 Å². The molecule has 1 aliphatic rings. The average Bonchev–Trinajstić information content (AvgIpc) is 3.31. The summed E-state index contributed by atoms with van der Waals surface area (Å²) in [6.07, 6.45) is 3.34. The molecule has 0 spiro atoms. The molecule has 0 saturated carbocycles. The number of imidazole rings is 1. The van der Waals surface area contributed by atoms with Crippen LogP contribution in [-0.2, 0) is 6.61 Å². The number of amides is 1.